The average Bonchev–Trinajstić information content (AvgIpc) is 3.11. The molecule has 1 fully saturated rings. The second-order valence-electron chi connectivity index (χ2n) is 7.78. The fourth-order valence-corrected chi connectivity index (χ4v) is 4.05. The molecular weight excluding hydrogens is 348 g/mol. The number of aryl methyl sites for hydroxylation is 1. The molecule has 2 aromatic carbocycles. The van der Waals surface area contributed by atoms with Crippen LogP contribution in [0.3, 0.4) is 0 Å². The lowest BCUT2D eigenvalue weighted by Gasteiger charge is -2.34. The molecule has 4 N–H and O–H groups in total. The third-order valence-corrected chi connectivity index (χ3v) is 5.66. The molecule has 1 aliphatic rings. The Morgan fingerprint density at radius 3 is 2.79 bits per heavy atom. The van der Waals surface area contributed by atoms with Crippen molar-refractivity contribution in [1.82, 2.24) is 10.3 Å². The highest BCUT2D eigenvalue weighted by atomic mass is 16.2. The highest BCUT2D eigenvalue weighted by molar-refractivity contribution is 5.86. The topological polar surface area (TPSA) is 74.2 Å². The monoisotopic (exact) mass is 376 g/mol. The van der Waals surface area contributed by atoms with Crippen molar-refractivity contribution in [2.75, 3.05) is 18.0 Å². The van der Waals surface area contributed by atoms with Gasteiger partial charge in [-0.3, -0.25) is 4.79 Å². The first-order chi connectivity index (χ1) is 13.6. The molecule has 146 valence electrons. The Labute approximate surface area is 165 Å². The predicted octanol–water partition coefficient (Wildman–Crippen LogP) is 3.13. The molecule has 5 heteroatoms. The molecule has 0 spiro atoms. The largest absolute Gasteiger partial charge is 0.371 e. The number of carbonyl (C=O) groups excluding carboxylic acids is 1. The molecule has 2 heterocycles. The number of hydrogen-bond acceptors (Lipinski definition) is 3. The summed E-state index contributed by atoms with van der Waals surface area (Å²) < 4.78 is 0. The van der Waals surface area contributed by atoms with Crippen LogP contribution >= 0.6 is 0 Å². The third kappa shape index (κ3) is 4.04. The molecule has 0 aliphatic carbocycles. The number of benzene rings is 2. The molecule has 3 aromatic rings. The summed E-state index contributed by atoms with van der Waals surface area (Å²) in [5, 5.41) is 4.30. The molecule has 1 aromatic heterocycles. The first-order valence-corrected chi connectivity index (χ1v) is 10.0. The van der Waals surface area contributed by atoms with Crippen LogP contribution in [0.1, 0.15) is 24.0 Å². The van der Waals surface area contributed by atoms with Crippen molar-refractivity contribution >= 4 is 22.5 Å². The minimum atomic E-state index is -0.533. The number of anilines is 1. The van der Waals surface area contributed by atoms with E-state index >= 15 is 0 Å². The van der Waals surface area contributed by atoms with Gasteiger partial charge in [0, 0.05) is 41.9 Å². The molecule has 0 unspecified atom stereocenters. The van der Waals surface area contributed by atoms with E-state index in [0.29, 0.717) is 6.42 Å². The number of rotatable bonds is 5. The van der Waals surface area contributed by atoms with E-state index in [1.54, 1.807) is 0 Å². The summed E-state index contributed by atoms with van der Waals surface area (Å²) in [7, 11) is 0. The summed E-state index contributed by atoms with van der Waals surface area (Å²) in [4.78, 5) is 18.2. The normalized spacial score (nSPS) is 16.3. The Balaban J connectivity index is 1.30. The quantitative estimate of drug-likeness (QED) is 0.640. The minimum absolute atomic E-state index is 0.0562. The summed E-state index contributed by atoms with van der Waals surface area (Å²) in [5.41, 5.74) is 10.9. The number of hydrogen-bond donors (Lipinski definition) is 3. The number of aromatic amines is 1. The number of aromatic nitrogens is 1. The molecule has 0 bridgehead atoms. The van der Waals surface area contributed by atoms with Crippen LogP contribution in [0.5, 0.6) is 0 Å². The number of fused-ring (bicyclic) bond motifs is 1. The van der Waals surface area contributed by atoms with E-state index in [4.69, 9.17) is 5.73 Å². The van der Waals surface area contributed by atoms with Gasteiger partial charge in [-0.15, -0.1) is 0 Å². The van der Waals surface area contributed by atoms with Crippen molar-refractivity contribution in [2.45, 2.75) is 38.3 Å². The van der Waals surface area contributed by atoms with Gasteiger partial charge < -0.3 is 20.9 Å². The fourth-order valence-electron chi connectivity index (χ4n) is 4.05. The van der Waals surface area contributed by atoms with Gasteiger partial charge in [-0.1, -0.05) is 30.3 Å². The Bertz CT molecular complexity index is 956. The van der Waals surface area contributed by atoms with E-state index in [1.807, 2.05) is 24.4 Å². The van der Waals surface area contributed by atoms with Gasteiger partial charge in [0.2, 0.25) is 5.91 Å². The van der Waals surface area contributed by atoms with Gasteiger partial charge >= 0.3 is 0 Å². The zero-order valence-electron chi connectivity index (χ0n) is 16.3. The lowest BCUT2D eigenvalue weighted by Crippen LogP contribution is -2.50. The zero-order valence-corrected chi connectivity index (χ0v) is 16.3. The average molecular weight is 377 g/mol. The molecule has 1 atom stereocenters. The maximum absolute atomic E-state index is 12.6. The number of piperidine rings is 1. The smallest absolute Gasteiger partial charge is 0.237 e. The van der Waals surface area contributed by atoms with Crippen molar-refractivity contribution in [3.8, 4) is 0 Å². The SMILES string of the molecule is Cc1cccc(N2CCC(NC(=O)[C@@H](N)Cc3c[nH]c4ccccc34)CC2)c1. The predicted molar refractivity (Wildman–Crippen MR) is 115 cm³/mol. The van der Waals surface area contributed by atoms with Gasteiger partial charge in [0.25, 0.3) is 0 Å². The van der Waals surface area contributed by atoms with E-state index in [9.17, 15) is 4.79 Å². The Morgan fingerprint density at radius 1 is 1.21 bits per heavy atom. The number of carbonyl (C=O) groups is 1. The van der Waals surface area contributed by atoms with Crippen molar-refractivity contribution in [3.05, 3.63) is 65.9 Å². The van der Waals surface area contributed by atoms with Crippen LogP contribution in [-0.4, -0.2) is 36.1 Å². The minimum Gasteiger partial charge on any atom is -0.371 e. The fraction of sp³-hybridized carbons (Fsp3) is 0.348. The second kappa shape index (κ2) is 8.07. The van der Waals surface area contributed by atoms with Crippen LogP contribution in [0.15, 0.2) is 54.7 Å². The van der Waals surface area contributed by atoms with E-state index in [0.717, 1.165) is 42.4 Å². The number of nitrogens with one attached hydrogen (secondary N) is 2. The summed E-state index contributed by atoms with van der Waals surface area (Å²) in [6, 6.07) is 16.4. The number of para-hydroxylation sites is 1. The molecule has 0 radical (unpaired) electrons. The molecule has 28 heavy (non-hydrogen) atoms. The molecule has 4 rings (SSSR count). The number of amides is 1. The maximum atomic E-state index is 12.6. The first kappa shape index (κ1) is 18.6. The maximum Gasteiger partial charge on any atom is 0.237 e. The van der Waals surface area contributed by atoms with Gasteiger partial charge in [0.05, 0.1) is 6.04 Å². The van der Waals surface area contributed by atoms with Crippen LogP contribution in [0.25, 0.3) is 10.9 Å². The van der Waals surface area contributed by atoms with Gasteiger partial charge in [-0.2, -0.15) is 0 Å². The summed E-state index contributed by atoms with van der Waals surface area (Å²) >= 11 is 0. The molecule has 0 saturated carbocycles. The van der Waals surface area contributed by atoms with Crippen LogP contribution < -0.4 is 16.0 Å². The van der Waals surface area contributed by atoms with Crippen LogP contribution in [0.2, 0.25) is 0 Å². The lowest BCUT2D eigenvalue weighted by molar-refractivity contribution is -0.123. The van der Waals surface area contributed by atoms with Crippen LogP contribution in [0, 0.1) is 6.92 Å². The Kier molecular flexibility index (Phi) is 5.35. The third-order valence-electron chi connectivity index (χ3n) is 5.66. The van der Waals surface area contributed by atoms with Crippen molar-refractivity contribution < 1.29 is 4.79 Å². The standard InChI is InChI=1S/C23H28N4O/c1-16-5-4-6-19(13-16)27-11-9-18(10-12-27)26-23(28)21(24)14-17-15-25-22-8-3-2-7-20(17)22/h2-8,13,15,18,21,25H,9-12,14,24H2,1H3,(H,26,28)/t21-/m0/s1. The Morgan fingerprint density at radius 2 is 2.00 bits per heavy atom. The first-order valence-electron chi connectivity index (χ1n) is 10.0. The van der Waals surface area contributed by atoms with E-state index in [-0.39, 0.29) is 11.9 Å². The number of H-pyrrole nitrogens is 1. The molecular formula is C23H28N4O. The summed E-state index contributed by atoms with van der Waals surface area (Å²) in [5.74, 6) is -0.0562. The summed E-state index contributed by atoms with van der Waals surface area (Å²) in [6.45, 7) is 4.02. The van der Waals surface area contributed by atoms with Crippen LogP contribution in [-0.2, 0) is 11.2 Å². The van der Waals surface area contributed by atoms with E-state index < -0.39 is 6.04 Å². The highest BCUT2D eigenvalue weighted by Crippen LogP contribution is 2.22. The summed E-state index contributed by atoms with van der Waals surface area (Å²) in [6.07, 6.45) is 4.38. The molecule has 1 aliphatic heterocycles. The van der Waals surface area contributed by atoms with Crippen molar-refractivity contribution in [2.24, 2.45) is 5.73 Å². The van der Waals surface area contributed by atoms with E-state index in [1.165, 1.54) is 11.3 Å². The molecule has 1 saturated heterocycles. The van der Waals surface area contributed by atoms with Gasteiger partial charge in [0.1, 0.15) is 0 Å². The van der Waals surface area contributed by atoms with Crippen molar-refractivity contribution in [3.63, 3.8) is 0 Å². The Hall–Kier alpha value is -2.79. The number of nitrogens with zero attached hydrogens (tertiary/aromatic N) is 1. The highest BCUT2D eigenvalue weighted by Gasteiger charge is 2.24. The van der Waals surface area contributed by atoms with Crippen LogP contribution in [0.4, 0.5) is 5.69 Å². The van der Waals surface area contributed by atoms with Gasteiger partial charge in [-0.05, 0) is 55.5 Å². The molecule has 1 amide bonds. The van der Waals surface area contributed by atoms with Gasteiger partial charge in [-0.25, -0.2) is 0 Å². The van der Waals surface area contributed by atoms with Crippen molar-refractivity contribution in [1.29, 1.82) is 0 Å². The zero-order chi connectivity index (χ0) is 19.5. The second-order valence-corrected chi connectivity index (χ2v) is 7.78. The number of nitrogens with two attached hydrogens (primary N) is 1. The van der Waals surface area contributed by atoms with E-state index in [2.05, 4.69) is 52.5 Å². The lowest BCUT2D eigenvalue weighted by atomic mass is 10.0. The van der Waals surface area contributed by atoms with Gasteiger partial charge in [0.15, 0.2) is 0 Å². The molecule has 5 nitrogen and oxygen atoms in total.